The van der Waals surface area contributed by atoms with E-state index in [0.717, 1.165) is 17.5 Å². The molecule has 0 saturated carbocycles. The van der Waals surface area contributed by atoms with Gasteiger partial charge in [0.15, 0.2) is 0 Å². The molecule has 0 aliphatic carbocycles. The molecule has 0 spiro atoms. The second kappa shape index (κ2) is 8.42. The van der Waals surface area contributed by atoms with Crippen molar-refractivity contribution >= 4 is 22.8 Å². The van der Waals surface area contributed by atoms with Crippen molar-refractivity contribution in [1.29, 1.82) is 0 Å². The number of fused-ring (bicyclic) bond motifs is 1. The largest absolute Gasteiger partial charge is 0.462 e. The summed E-state index contributed by atoms with van der Waals surface area (Å²) in [6, 6.07) is 17.4. The van der Waals surface area contributed by atoms with Crippen LogP contribution in [0.5, 0.6) is 0 Å². The molecule has 3 rings (SSSR count). The van der Waals surface area contributed by atoms with Crippen molar-refractivity contribution in [2.24, 2.45) is 5.73 Å². The van der Waals surface area contributed by atoms with E-state index in [4.69, 9.17) is 10.5 Å². The van der Waals surface area contributed by atoms with Gasteiger partial charge in [-0.1, -0.05) is 36.4 Å². The first-order valence-electron chi connectivity index (χ1n) is 8.73. The zero-order valence-electron chi connectivity index (χ0n) is 15.1. The third-order valence-electron chi connectivity index (χ3n) is 4.11. The molecule has 138 valence electrons. The number of nitrogens with one attached hydrogen (secondary N) is 1. The molecule has 3 aromatic rings. The molecule has 0 radical (unpaired) electrons. The molecule has 2 aromatic carbocycles. The number of benzene rings is 2. The van der Waals surface area contributed by atoms with E-state index in [-0.39, 0.29) is 17.9 Å². The number of hydrogen-bond donors (Lipinski definition) is 2. The smallest absolute Gasteiger partial charge is 0.340 e. The number of amides is 1. The average Bonchev–Trinajstić information content (AvgIpc) is 2.68. The van der Waals surface area contributed by atoms with Gasteiger partial charge in [0.25, 0.3) is 5.91 Å². The molecular formula is C21H21N3O3. The number of carbonyl (C=O) groups excluding carboxylic acids is 2. The number of aromatic nitrogens is 1. The van der Waals surface area contributed by atoms with Gasteiger partial charge < -0.3 is 15.8 Å². The minimum Gasteiger partial charge on any atom is -0.462 e. The molecule has 0 aliphatic rings. The van der Waals surface area contributed by atoms with E-state index in [9.17, 15) is 9.59 Å². The summed E-state index contributed by atoms with van der Waals surface area (Å²) in [5.74, 6) is -1.36. The van der Waals surface area contributed by atoms with Crippen LogP contribution in [-0.2, 0) is 17.8 Å². The lowest BCUT2D eigenvalue weighted by Gasteiger charge is -2.10. The SMILES string of the molecule is CCOC(=O)c1cc2cc(CNCc3ccccc3)ccc2nc1C(N)=O. The summed E-state index contributed by atoms with van der Waals surface area (Å²) in [4.78, 5) is 28.1. The fourth-order valence-corrected chi connectivity index (χ4v) is 2.84. The van der Waals surface area contributed by atoms with Crippen molar-refractivity contribution in [3.05, 3.63) is 77.0 Å². The van der Waals surface area contributed by atoms with Gasteiger partial charge in [-0.25, -0.2) is 9.78 Å². The van der Waals surface area contributed by atoms with Crippen LogP contribution in [0.2, 0.25) is 0 Å². The van der Waals surface area contributed by atoms with E-state index >= 15 is 0 Å². The van der Waals surface area contributed by atoms with Crippen molar-refractivity contribution in [2.45, 2.75) is 20.0 Å². The van der Waals surface area contributed by atoms with Crippen molar-refractivity contribution < 1.29 is 14.3 Å². The molecule has 0 saturated heterocycles. The maximum absolute atomic E-state index is 12.1. The molecular weight excluding hydrogens is 342 g/mol. The van der Waals surface area contributed by atoms with Crippen LogP contribution in [0.3, 0.4) is 0 Å². The summed E-state index contributed by atoms with van der Waals surface area (Å²) >= 11 is 0. The summed E-state index contributed by atoms with van der Waals surface area (Å²) in [5, 5.41) is 4.14. The van der Waals surface area contributed by atoms with Crippen LogP contribution in [0.1, 0.15) is 38.9 Å². The predicted molar refractivity (Wildman–Crippen MR) is 103 cm³/mol. The number of ether oxygens (including phenoxy) is 1. The molecule has 0 unspecified atom stereocenters. The maximum atomic E-state index is 12.1. The first kappa shape index (κ1) is 18.5. The lowest BCUT2D eigenvalue weighted by Crippen LogP contribution is -2.19. The Labute approximate surface area is 157 Å². The fraction of sp³-hybridized carbons (Fsp3) is 0.190. The Morgan fingerprint density at radius 3 is 2.48 bits per heavy atom. The molecule has 0 bridgehead atoms. The van der Waals surface area contributed by atoms with Gasteiger partial charge in [-0.15, -0.1) is 0 Å². The molecule has 0 fully saturated rings. The zero-order valence-corrected chi connectivity index (χ0v) is 15.1. The van der Waals surface area contributed by atoms with Crippen molar-refractivity contribution in [3.8, 4) is 0 Å². The Kier molecular flexibility index (Phi) is 5.78. The van der Waals surface area contributed by atoms with Gasteiger partial charge in [-0.3, -0.25) is 4.79 Å². The Morgan fingerprint density at radius 2 is 1.78 bits per heavy atom. The number of rotatable bonds is 7. The molecule has 1 aromatic heterocycles. The highest BCUT2D eigenvalue weighted by molar-refractivity contribution is 6.06. The molecule has 27 heavy (non-hydrogen) atoms. The molecule has 6 nitrogen and oxygen atoms in total. The Morgan fingerprint density at radius 1 is 1.04 bits per heavy atom. The summed E-state index contributed by atoms with van der Waals surface area (Å²) in [6.45, 7) is 3.33. The summed E-state index contributed by atoms with van der Waals surface area (Å²) in [5.41, 5.74) is 8.24. The van der Waals surface area contributed by atoms with E-state index in [0.29, 0.717) is 12.1 Å². The lowest BCUT2D eigenvalue weighted by molar-refractivity contribution is 0.0522. The van der Waals surface area contributed by atoms with Gasteiger partial charge in [0, 0.05) is 18.5 Å². The van der Waals surface area contributed by atoms with E-state index < -0.39 is 11.9 Å². The zero-order chi connectivity index (χ0) is 19.2. The second-order valence-electron chi connectivity index (χ2n) is 6.09. The molecule has 6 heteroatoms. The maximum Gasteiger partial charge on any atom is 0.340 e. The third kappa shape index (κ3) is 4.48. The third-order valence-corrected chi connectivity index (χ3v) is 4.11. The number of nitrogens with zero attached hydrogens (tertiary/aromatic N) is 1. The number of nitrogens with two attached hydrogens (primary N) is 1. The Balaban J connectivity index is 1.84. The highest BCUT2D eigenvalue weighted by atomic mass is 16.5. The number of hydrogen-bond acceptors (Lipinski definition) is 5. The van der Waals surface area contributed by atoms with Gasteiger partial charge in [-0.05, 0) is 36.2 Å². The van der Waals surface area contributed by atoms with Gasteiger partial charge in [-0.2, -0.15) is 0 Å². The number of carbonyl (C=O) groups is 2. The monoisotopic (exact) mass is 363 g/mol. The van der Waals surface area contributed by atoms with Crippen LogP contribution in [0, 0.1) is 0 Å². The number of pyridine rings is 1. The van der Waals surface area contributed by atoms with Crippen LogP contribution >= 0.6 is 0 Å². The van der Waals surface area contributed by atoms with E-state index in [1.807, 2.05) is 36.4 Å². The average molecular weight is 363 g/mol. The molecule has 1 amide bonds. The summed E-state index contributed by atoms with van der Waals surface area (Å²) in [7, 11) is 0. The van der Waals surface area contributed by atoms with Crippen LogP contribution in [0.25, 0.3) is 10.9 Å². The second-order valence-corrected chi connectivity index (χ2v) is 6.09. The van der Waals surface area contributed by atoms with Crippen LogP contribution in [0.15, 0.2) is 54.6 Å². The first-order chi connectivity index (χ1) is 13.1. The minimum absolute atomic E-state index is 0.0732. The van der Waals surface area contributed by atoms with E-state index in [1.54, 1.807) is 13.0 Å². The number of esters is 1. The molecule has 0 atom stereocenters. The van der Waals surface area contributed by atoms with Crippen LogP contribution in [0.4, 0.5) is 0 Å². The normalized spacial score (nSPS) is 10.7. The quantitative estimate of drug-likeness (QED) is 0.630. The van der Waals surface area contributed by atoms with Gasteiger partial charge in [0.1, 0.15) is 5.69 Å². The molecule has 1 heterocycles. The standard InChI is InChI=1S/C21H21N3O3/c1-2-27-21(26)17-11-16-10-15(8-9-18(16)24-19(17)20(22)25)13-23-12-14-6-4-3-5-7-14/h3-11,23H,2,12-13H2,1H3,(H2,22,25). The van der Waals surface area contributed by atoms with Crippen LogP contribution in [-0.4, -0.2) is 23.5 Å². The minimum atomic E-state index is -0.756. The van der Waals surface area contributed by atoms with E-state index in [2.05, 4.69) is 22.4 Å². The molecule has 3 N–H and O–H groups in total. The van der Waals surface area contributed by atoms with Gasteiger partial charge in [0.2, 0.25) is 0 Å². The topological polar surface area (TPSA) is 94.3 Å². The Hall–Kier alpha value is -3.25. The summed E-state index contributed by atoms with van der Waals surface area (Å²) < 4.78 is 5.01. The summed E-state index contributed by atoms with van der Waals surface area (Å²) in [6.07, 6.45) is 0. The highest BCUT2D eigenvalue weighted by Crippen LogP contribution is 2.19. The van der Waals surface area contributed by atoms with Crippen molar-refractivity contribution in [3.63, 3.8) is 0 Å². The molecule has 0 aliphatic heterocycles. The Bertz CT molecular complexity index is 971. The highest BCUT2D eigenvalue weighted by Gasteiger charge is 2.19. The lowest BCUT2D eigenvalue weighted by atomic mass is 10.1. The van der Waals surface area contributed by atoms with Gasteiger partial charge in [0.05, 0.1) is 17.7 Å². The fourth-order valence-electron chi connectivity index (χ4n) is 2.84. The van der Waals surface area contributed by atoms with Crippen LogP contribution < -0.4 is 11.1 Å². The van der Waals surface area contributed by atoms with Gasteiger partial charge >= 0.3 is 5.97 Å². The van der Waals surface area contributed by atoms with Crippen molar-refractivity contribution in [2.75, 3.05) is 6.61 Å². The van der Waals surface area contributed by atoms with E-state index in [1.165, 1.54) is 5.56 Å². The first-order valence-corrected chi connectivity index (χ1v) is 8.73. The number of primary amides is 1. The predicted octanol–water partition coefficient (Wildman–Crippen LogP) is 2.80. The van der Waals surface area contributed by atoms with Crippen molar-refractivity contribution in [1.82, 2.24) is 10.3 Å².